The van der Waals surface area contributed by atoms with Crippen molar-refractivity contribution in [2.45, 2.75) is 19.9 Å². The van der Waals surface area contributed by atoms with Crippen molar-refractivity contribution in [2.24, 2.45) is 4.99 Å². The molecule has 0 radical (unpaired) electrons. The van der Waals surface area contributed by atoms with Crippen molar-refractivity contribution >= 4 is 23.4 Å². The third-order valence-corrected chi connectivity index (χ3v) is 5.94. The molecule has 1 atom stereocenters. The Labute approximate surface area is 180 Å². The average Bonchev–Trinajstić information content (AvgIpc) is 3.47. The highest BCUT2D eigenvalue weighted by Crippen LogP contribution is 2.33. The molecule has 0 aliphatic carbocycles. The van der Waals surface area contributed by atoms with Crippen LogP contribution in [0.15, 0.2) is 56.3 Å². The molecule has 1 unspecified atom stereocenters. The molecule has 0 fully saturated rings. The highest BCUT2D eigenvalue weighted by molar-refractivity contribution is 7.07. The number of esters is 1. The number of fused-ring (bicyclic) bond motifs is 2. The van der Waals surface area contributed by atoms with Crippen molar-refractivity contribution in [1.82, 2.24) is 4.57 Å². The molecular weight excluding hydrogens is 420 g/mol. The molecule has 4 heterocycles. The van der Waals surface area contributed by atoms with Crippen molar-refractivity contribution in [3.63, 3.8) is 0 Å². The molecule has 0 amide bonds. The Morgan fingerprint density at radius 2 is 2.13 bits per heavy atom. The first kappa shape index (κ1) is 19.4. The van der Waals surface area contributed by atoms with Crippen molar-refractivity contribution in [3.8, 4) is 11.5 Å². The van der Waals surface area contributed by atoms with E-state index in [1.165, 1.54) is 22.1 Å². The maximum absolute atomic E-state index is 13.4. The Morgan fingerprint density at radius 3 is 2.90 bits per heavy atom. The van der Waals surface area contributed by atoms with Crippen LogP contribution in [0.25, 0.3) is 6.08 Å². The number of furan rings is 1. The number of hydrogen-bond acceptors (Lipinski definition) is 8. The number of carbonyl (C=O) groups excluding carboxylic acids is 1. The van der Waals surface area contributed by atoms with Crippen LogP contribution in [0, 0.1) is 6.92 Å². The van der Waals surface area contributed by atoms with E-state index in [9.17, 15) is 9.59 Å². The topological polar surface area (TPSA) is 92.3 Å². The maximum Gasteiger partial charge on any atom is 0.338 e. The predicted molar refractivity (Wildman–Crippen MR) is 112 cm³/mol. The molecule has 2 aromatic heterocycles. The molecule has 2 aliphatic rings. The highest BCUT2D eigenvalue weighted by Gasteiger charge is 2.33. The van der Waals surface area contributed by atoms with Crippen molar-refractivity contribution in [3.05, 3.63) is 78.9 Å². The Bertz CT molecular complexity index is 1390. The molecule has 3 aromatic rings. The second-order valence-corrected chi connectivity index (χ2v) is 7.98. The minimum atomic E-state index is -0.747. The summed E-state index contributed by atoms with van der Waals surface area (Å²) in [6, 6.07) is 8.27. The average molecular weight is 438 g/mol. The Balaban J connectivity index is 1.65. The van der Waals surface area contributed by atoms with Crippen molar-refractivity contribution < 1.29 is 23.4 Å². The zero-order valence-corrected chi connectivity index (χ0v) is 17.6. The van der Waals surface area contributed by atoms with Crippen LogP contribution in [0.3, 0.4) is 0 Å². The molecule has 0 spiro atoms. The van der Waals surface area contributed by atoms with E-state index in [4.69, 9.17) is 18.6 Å². The van der Waals surface area contributed by atoms with Gasteiger partial charge in [-0.1, -0.05) is 17.4 Å². The summed E-state index contributed by atoms with van der Waals surface area (Å²) < 4.78 is 23.7. The number of rotatable bonds is 4. The molecule has 0 saturated carbocycles. The van der Waals surface area contributed by atoms with Gasteiger partial charge in [0.2, 0.25) is 6.79 Å². The number of thiazole rings is 1. The van der Waals surface area contributed by atoms with E-state index in [1.807, 2.05) is 12.1 Å². The zero-order chi connectivity index (χ0) is 21.5. The number of hydrogen-bond donors (Lipinski definition) is 0. The second-order valence-electron chi connectivity index (χ2n) is 6.97. The number of benzene rings is 1. The fraction of sp³-hybridized carbons (Fsp3) is 0.227. The molecule has 2 aliphatic heterocycles. The second kappa shape index (κ2) is 7.59. The van der Waals surface area contributed by atoms with E-state index in [1.54, 1.807) is 38.1 Å². The first-order valence-corrected chi connectivity index (χ1v) is 10.5. The van der Waals surface area contributed by atoms with E-state index < -0.39 is 12.0 Å². The lowest BCUT2D eigenvalue weighted by molar-refractivity contribution is -0.139. The van der Waals surface area contributed by atoms with E-state index >= 15 is 0 Å². The van der Waals surface area contributed by atoms with Crippen LogP contribution < -0.4 is 24.4 Å². The highest BCUT2D eigenvalue weighted by atomic mass is 32.1. The molecule has 0 saturated heterocycles. The van der Waals surface area contributed by atoms with Gasteiger partial charge in [-0.15, -0.1) is 0 Å². The fourth-order valence-electron chi connectivity index (χ4n) is 3.55. The van der Waals surface area contributed by atoms with E-state index in [-0.39, 0.29) is 24.5 Å². The van der Waals surface area contributed by atoms with E-state index in [0.29, 0.717) is 32.4 Å². The lowest BCUT2D eigenvalue weighted by Gasteiger charge is -2.20. The molecule has 0 N–H and O–H groups in total. The van der Waals surface area contributed by atoms with Crippen LogP contribution in [0.4, 0.5) is 0 Å². The maximum atomic E-state index is 13.4. The number of aromatic nitrogens is 1. The van der Waals surface area contributed by atoms with Crippen LogP contribution in [0.5, 0.6) is 11.5 Å². The lowest BCUT2D eigenvalue weighted by atomic mass is 10.0. The minimum Gasteiger partial charge on any atom is -0.464 e. The summed E-state index contributed by atoms with van der Waals surface area (Å²) >= 11 is 1.24. The largest absolute Gasteiger partial charge is 0.464 e. The predicted octanol–water partition coefficient (Wildman–Crippen LogP) is 2.04. The summed E-state index contributed by atoms with van der Waals surface area (Å²) in [5.41, 5.74) is 0.776. The molecule has 158 valence electrons. The van der Waals surface area contributed by atoms with Crippen LogP contribution in [0.2, 0.25) is 0 Å². The van der Waals surface area contributed by atoms with Gasteiger partial charge in [0.05, 0.1) is 16.7 Å². The summed E-state index contributed by atoms with van der Waals surface area (Å²) in [6.07, 6.45) is 3.22. The molecule has 8 nitrogen and oxygen atoms in total. The van der Waals surface area contributed by atoms with E-state index in [0.717, 1.165) is 5.56 Å². The summed E-state index contributed by atoms with van der Waals surface area (Å²) in [5.74, 6) is 1.93. The van der Waals surface area contributed by atoms with Crippen molar-refractivity contribution in [2.75, 3.05) is 13.4 Å². The number of nitrogens with zero attached hydrogens (tertiary/aromatic N) is 2. The Hall–Kier alpha value is -3.59. The van der Waals surface area contributed by atoms with Crippen molar-refractivity contribution in [1.29, 1.82) is 0 Å². The van der Waals surface area contributed by atoms with Gasteiger partial charge in [-0.2, -0.15) is 0 Å². The third-order valence-electron chi connectivity index (χ3n) is 4.94. The molecule has 9 heteroatoms. The summed E-state index contributed by atoms with van der Waals surface area (Å²) in [7, 11) is 0. The quantitative estimate of drug-likeness (QED) is 0.579. The van der Waals surface area contributed by atoms with Crippen LogP contribution in [-0.4, -0.2) is 23.9 Å². The van der Waals surface area contributed by atoms with Gasteiger partial charge < -0.3 is 18.6 Å². The minimum absolute atomic E-state index is 0.181. The molecule has 31 heavy (non-hydrogen) atoms. The van der Waals surface area contributed by atoms with E-state index in [2.05, 4.69) is 4.99 Å². The first-order chi connectivity index (χ1) is 15.0. The first-order valence-electron chi connectivity index (χ1n) is 9.69. The van der Waals surface area contributed by atoms with Gasteiger partial charge in [0, 0.05) is 6.20 Å². The third kappa shape index (κ3) is 3.36. The fourth-order valence-corrected chi connectivity index (χ4v) is 4.52. The van der Waals surface area contributed by atoms with Gasteiger partial charge in [0.25, 0.3) is 5.56 Å². The molecule has 5 rings (SSSR count). The van der Waals surface area contributed by atoms with Crippen LogP contribution in [-0.2, 0) is 9.53 Å². The summed E-state index contributed by atoms with van der Waals surface area (Å²) in [6.45, 7) is 3.93. The Kier molecular flexibility index (Phi) is 4.74. The molecule has 0 bridgehead atoms. The normalized spacial score (nSPS) is 17.2. The van der Waals surface area contributed by atoms with Gasteiger partial charge in [0.15, 0.2) is 16.3 Å². The van der Waals surface area contributed by atoms with Gasteiger partial charge in [-0.05, 0) is 49.8 Å². The van der Waals surface area contributed by atoms with Gasteiger partial charge in [-0.25, -0.2) is 9.79 Å². The number of ether oxygens (including phenoxy) is 3. The van der Waals surface area contributed by atoms with Crippen LogP contribution in [0.1, 0.15) is 30.0 Å². The van der Waals surface area contributed by atoms with Gasteiger partial charge in [0.1, 0.15) is 17.6 Å². The SMILES string of the molecule is CCOC(=O)C1=CN=c2sc(=Cc3ccc4c(c3)OCO4)c(=O)n2C1c1ccc(C)o1. The van der Waals surface area contributed by atoms with Crippen LogP contribution >= 0.6 is 11.3 Å². The van der Waals surface area contributed by atoms with Gasteiger partial charge in [-0.3, -0.25) is 9.36 Å². The summed E-state index contributed by atoms with van der Waals surface area (Å²) in [5, 5.41) is 0. The standard InChI is InChI=1S/C22H18N2O6S/c1-3-27-21(26)14-10-23-22-24(19(14)16-6-4-12(2)30-16)20(25)18(31-22)9-13-5-7-15-17(8-13)29-11-28-15/h4-10,19H,3,11H2,1-2H3. The zero-order valence-electron chi connectivity index (χ0n) is 16.8. The smallest absolute Gasteiger partial charge is 0.338 e. The molecule has 1 aromatic carbocycles. The molecular formula is C22H18N2O6S. The lowest BCUT2D eigenvalue weighted by Crippen LogP contribution is -2.39. The summed E-state index contributed by atoms with van der Waals surface area (Å²) in [4.78, 5) is 30.8. The monoisotopic (exact) mass is 438 g/mol. The van der Waals surface area contributed by atoms with Gasteiger partial charge >= 0.3 is 5.97 Å². The number of carbonyl (C=O) groups is 1. The Morgan fingerprint density at radius 1 is 1.29 bits per heavy atom. The number of aryl methyl sites for hydroxylation is 1.